The predicted molar refractivity (Wildman–Crippen MR) is 77.1 cm³/mol. The summed E-state index contributed by atoms with van der Waals surface area (Å²) in [5.74, 6) is -4.10. The van der Waals surface area contributed by atoms with Crippen LogP contribution in [-0.4, -0.2) is 18.9 Å². The number of benzene rings is 1. The van der Waals surface area contributed by atoms with Gasteiger partial charge >= 0.3 is 12.3 Å². The first-order valence-electron chi connectivity index (χ1n) is 7.10. The van der Waals surface area contributed by atoms with Crippen molar-refractivity contribution in [2.24, 2.45) is 0 Å². The van der Waals surface area contributed by atoms with E-state index in [0.29, 0.717) is 6.42 Å². The molecule has 0 heterocycles. The molecule has 5 heteroatoms. The molecule has 120 valence electrons. The van der Waals surface area contributed by atoms with Gasteiger partial charge in [0.15, 0.2) is 0 Å². The van der Waals surface area contributed by atoms with Crippen LogP contribution in [0.2, 0.25) is 0 Å². The summed E-state index contributed by atoms with van der Waals surface area (Å²) in [5.41, 5.74) is 1.04. The zero-order valence-electron chi connectivity index (χ0n) is 12.9. The van der Waals surface area contributed by atoms with Crippen molar-refractivity contribution < 1.29 is 17.6 Å². The lowest BCUT2D eigenvalue weighted by Crippen LogP contribution is -2.42. The Labute approximate surface area is 123 Å². The van der Waals surface area contributed by atoms with E-state index in [1.165, 1.54) is 12.1 Å². The number of halogens is 4. The Bertz CT molecular complexity index is 435. The maximum atomic E-state index is 13.7. The van der Waals surface area contributed by atoms with Crippen LogP contribution in [0.3, 0.4) is 0 Å². The van der Waals surface area contributed by atoms with E-state index in [-0.39, 0.29) is 17.5 Å². The second-order valence-electron chi connectivity index (χ2n) is 6.23. The van der Waals surface area contributed by atoms with Crippen molar-refractivity contribution in [3.8, 4) is 0 Å². The van der Waals surface area contributed by atoms with Crippen LogP contribution in [0.4, 0.5) is 17.6 Å². The maximum absolute atomic E-state index is 13.7. The Hall–Kier alpha value is -1.10. The highest BCUT2D eigenvalue weighted by Crippen LogP contribution is 2.37. The summed E-state index contributed by atoms with van der Waals surface area (Å²) in [6.07, 6.45) is -3.11. The minimum Gasteiger partial charge on any atom is -0.305 e. The molecule has 0 aliphatic carbocycles. The van der Waals surface area contributed by atoms with E-state index in [9.17, 15) is 17.6 Å². The first kappa shape index (κ1) is 18.0. The molecule has 1 aromatic carbocycles. The van der Waals surface area contributed by atoms with Gasteiger partial charge in [0.05, 0.1) is 0 Å². The number of alkyl halides is 4. The van der Waals surface area contributed by atoms with Crippen molar-refractivity contribution in [2.75, 3.05) is 6.54 Å². The molecule has 0 saturated carbocycles. The summed E-state index contributed by atoms with van der Waals surface area (Å²) in [5, 5.41) is 2.54. The largest absolute Gasteiger partial charge is 0.326 e. The van der Waals surface area contributed by atoms with Gasteiger partial charge in [0, 0.05) is 0 Å². The average molecular weight is 305 g/mol. The third-order valence-electron chi connectivity index (χ3n) is 3.38. The number of nitrogens with one attached hydrogen (secondary N) is 1. The second kappa shape index (κ2) is 6.77. The van der Waals surface area contributed by atoms with Gasteiger partial charge < -0.3 is 5.32 Å². The van der Waals surface area contributed by atoms with Gasteiger partial charge in [-0.1, -0.05) is 52.0 Å². The number of hydrogen-bond donors (Lipinski definition) is 1. The van der Waals surface area contributed by atoms with E-state index >= 15 is 0 Å². The molecule has 0 amide bonds. The number of rotatable bonds is 6. The van der Waals surface area contributed by atoms with Crippen molar-refractivity contribution in [1.29, 1.82) is 0 Å². The van der Waals surface area contributed by atoms with E-state index in [1.807, 2.05) is 20.8 Å². The molecule has 1 nitrogen and oxygen atoms in total. The molecule has 21 heavy (non-hydrogen) atoms. The summed E-state index contributed by atoms with van der Waals surface area (Å²) in [6, 6.07) is 4.77. The topological polar surface area (TPSA) is 12.0 Å². The smallest absolute Gasteiger partial charge is 0.305 e. The van der Waals surface area contributed by atoms with Crippen LogP contribution in [0, 0.1) is 0 Å². The van der Waals surface area contributed by atoms with E-state index in [2.05, 4.69) is 5.32 Å². The molecule has 0 aliphatic heterocycles. The highest BCUT2D eigenvalue weighted by atomic mass is 19.3. The second-order valence-corrected chi connectivity index (χ2v) is 6.23. The Morgan fingerprint density at radius 1 is 1.05 bits per heavy atom. The van der Waals surface area contributed by atoms with Crippen LogP contribution in [0.1, 0.15) is 51.3 Å². The molecular weight excluding hydrogens is 282 g/mol. The van der Waals surface area contributed by atoms with Gasteiger partial charge in [0.1, 0.15) is 6.04 Å². The Morgan fingerprint density at radius 2 is 1.57 bits per heavy atom. The summed E-state index contributed by atoms with van der Waals surface area (Å²) in [4.78, 5) is 0. The van der Waals surface area contributed by atoms with Crippen molar-refractivity contribution >= 4 is 0 Å². The fourth-order valence-electron chi connectivity index (χ4n) is 2.07. The molecule has 1 rings (SSSR count). The van der Waals surface area contributed by atoms with Crippen molar-refractivity contribution in [1.82, 2.24) is 5.32 Å². The summed E-state index contributed by atoms with van der Waals surface area (Å²) >= 11 is 0. The molecule has 1 aromatic rings. The molecule has 1 unspecified atom stereocenters. The molecule has 1 N–H and O–H groups in total. The summed E-state index contributed by atoms with van der Waals surface area (Å²) in [6.45, 7) is 8.06. The molecule has 0 bridgehead atoms. The number of hydrogen-bond acceptors (Lipinski definition) is 1. The monoisotopic (exact) mass is 305 g/mol. The fraction of sp³-hybridized carbons (Fsp3) is 0.625. The molecule has 0 fully saturated rings. The van der Waals surface area contributed by atoms with Gasteiger partial charge in [0.2, 0.25) is 0 Å². The molecule has 0 spiro atoms. The molecule has 0 aromatic heterocycles. The van der Waals surface area contributed by atoms with Gasteiger partial charge in [0.25, 0.3) is 0 Å². The third-order valence-corrected chi connectivity index (χ3v) is 3.38. The normalized spacial score (nSPS) is 14.5. The Kier molecular flexibility index (Phi) is 5.79. The van der Waals surface area contributed by atoms with Gasteiger partial charge in [-0.2, -0.15) is 8.78 Å². The van der Waals surface area contributed by atoms with Gasteiger partial charge in [-0.3, -0.25) is 0 Å². The van der Waals surface area contributed by atoms with Gasteiger partial charge in [-0.15, -0.1) is 0 Å². The summed E-state index contributed by atoms with van der Waals surface area (Å²) in [7, 11) is 0. The lowest BCUT2D eigenvalue weighted by molar-refractivity contribution is -0.151. The van der Waals surface area contributed by atoms with Crippen molar-refractivity contribution in [2.45, 2.75) is 57.9 Å². The van der Waals surface area contributed by atoms with Crippen LogP contribution in [0.15, 0.2) is 24.3 Å². The summed E-state index contributed by atoms with van der Waals surface area (Å²) < 4.78 is 52.8. The first-order chi connectivity index (χ1) is 9.60. The van der Waals surface area contributed by atoms with Gasteiger partial charge in [-0.05, 0) is 29.5 Å². The minimum absolute atomic E-state index is 0.115. The van der Waals surface area contributed by atoms with E-state index in [4.69, 9.17) is 0 Å². The standard InChI is InChI=1S/C16H23F4N/c1-5-10-21-13(16(19,20)14(17)18)11-6-8-12(9-7-11)15(2,3)4/h6-9,13-14,21H,5,10H2,1-4H3. The van der Waals surface area contributed by atoms with Crippen molar-refractivity contribution in [3.05, 3.63) is 35.4 Å². The molecule has 1 atom stereocenters. The predicted octanol–water partition coefficient (Wildman–Crippen LogP) is 4.93. The molecular formula is C16H23F4N. The van der Waals surface area contributed by atoms with Crippen molar-refractivity contribution in [3.63, 3.8) is 0 Å². The van der Waals surface area contributed by atoms with Gasteiger partial charge in [-0.25, -0.2) is 8.78 Å². The van der Waals surface area contributed by atoms with Crippen LogP contribution in [0.5, 0.6) is 0 Å². The third kappa shape index (κ3) is 4.43. The van der Waals surface area contributed by atoms with Crippen LogP contribution in [0.25, 0.3) is 0 Å². The highest BCUT2D eigenvalue weighted by molar-refractivity contribution is 5.30. The average Bonchev–Trinajstić information content (AvgIpc) is 2.38. The van der Waals surface area contributed by atoms with E-state index in [0.717, 1.165) is 5.56 Å². The van der Waals surface area contributed by atoms with Crippen LogP contribution >= 0.6 is 0 Å². The minimum atomic E-state index is -4.10. The lowest BCUT2D eigenvalue weighted by Gasteiger charge is -2.28. The molecule has 0 radical (unpaired) electrons. The van der Waals surface area contributed by atoms with Crippen LogP contribution < -0.4 is 5.32 Å². The Balaban J connectivity index is 3.09. The first-order valence-corrected chi connectivity index (χ1v) is 7.10. The molecule has 0 aliphatic rings. The van der Waals surface area contributed by atoms with Crippen LogP contribution in [-0.2, 0) is 5.41 Å². The highest BCUT2D eigenvalue weighted by Gasteiger charge is 2.49. The van der Waals surface area contributed by atoms with E-state index in [1.54, 1.807) is 19.1 Å². The molecule has 0 saturated heterocycles. The Morgan fingerprint density at radius 3 is 1.95 bits per heavy atom. The zero-order chi connectivity index (χ0) is 16.3. The zero-order valence-corrected chi connectivity index (χ0v) is 12.9. The quantitative estimate of drug-likeness (QED) is 0.735. The lowest BCUT2D eigenvalue weighted by atomic mass is 9.86. The fourth-order valence-corrected chi connectivity index (χ4v) is 2.07. The van der Waals surface area contributed by atoms with E-state index < -0.39 is 18.4 Å². The SMILES string of the molecule is CCCNC(c1ccc(C(C)(C)C)cc1)C(F)(F)C(F)F. The maximum Gasteiger partial charge on any atom is 0.326 e.